The molecule has 0 radical (unpaired) electrons. The summed E-state index contributed by atoms with van der Waals surface area (Å²) in [5, 5.41) is 13.8. The molecule has 1 heterocycles. The smallest absolute Gasteiger partial charge is 0.127 e. The SMILES string of the molecule is CCC(C)C(O)c1cnn(C)c1N. The first-order valence-electron chi connectivity index (χ1n) is 4.53. The van der Waals surface area contributed by atoms with E-state index >= 15 is 0 Å². The van der Waals surface area contributed by atoms with Gasteiger partial charge in [0.25, 0.3) is 0 Å². The second-order valence-corrected chi connectivity index (χ2v) is 3.44. The minimum absolute atomic E-state index is 0.214. The first-order valence-corrected chi connectivity index (χ1v) is 4.53. The molecule has 0 aliphatic carbocycles. The van der Waals surface area contributed by atoms with E-state index in [1.54, 1.807) is 17.9 Å². The highest BCUT2D eigenvalue weighted by Gasteiger charge is 2.19. The number of nitrogens with two attached hydrogens (primary N) is 1. The van der Waals surface area contributed by atoms with E-state index in [9.17, 15) is 5.11 Å². The van der Waals surface area contributed by atoms with Gasteiger partial charge in [-0.1, -0.05) is 20.3 Å². The van der Waals surface area contributed by atoms with Crippen molar-refractivity contribution in [2.24, 2.45) is 13.0 Å². The summed E-state index contributed by atoms with van der Waals surface area (Å²) >= 11 is 0. The largest absolute Gasteiger partial charge is 0.388 e. The van der Waals surface area contributed by atoms with Crippen LogP contribution < -0.4 is 5.73 Å². The van der Waals surface area contributed by atoms with Crippen LogP contribution in [-0.2, 0) is 7.05 Å². The summed E-state index contributed by atoms with van der Waals surface area (Å²) < 4.78 is 1.57. The van der Waals surface area contributed by atoms with E-state index in [1.165, 1.54) is 0 Å². The molecule has 4 nitrogen and oxygen atoms in total. The second-order valence-electron chi connectivity index (χ2n) is 3.44. The van der Waals surface area contributed by atoms with Crippen LogP contribution in [0.1, 0.15) is 31.9 Å². The molecule has 4 heteroatoms. The molecule has 0 fully saturated rings. The van der Waals surface area contributed by atoms with Gasteiger partial charge in [-0.15, -0.1) is 0 Å². The monoisotopic (exact) mass is 183 g/mol. The lowest BCUT2D eigenvalue weighted by Gasteiger charge is -2.16. The molecule has 0 saturated heterocycles. The van der Waals surface area contributed by atoms with Crippen LogP contribution in [0.25, 0.3) is 0 Å². The summed E-state index contributed by atoms with van der Waals surface area (Å²) in [5.74, 6) is 0.763. The Morgan fingerprint density at radius 3 is 2.69 bits per heavy atom. The van der Waals surface area contributed by atoms with E-state index in [4.69, 9.17) is 5.73 Å². The second kappa shape index (κ2) is 3.79. The molecule has 2 atom stereocenters. The number of nitrogens with zero attached hydrogens (tertiary/aromatic N) is 2. The molecular weight excluding hydrogens is 166 g/mol. The Morgan fingerprint density at radius 1 is 1.69 bits per heavy atom. The molecule has 0 amide bonds. The molecule has 0 aromatic carbocycles. The Bertz CT molecular complexity index is 282. The van der Waals surface area contributed by atoms with Crippen LogP contribution in [-0.4, -0.2) is 14.9 Å². The van der Waals surface area contributed by atoms with Crippen molar-refractivity contribution < 1.29 is 5.11 Å². The third-order valence-corrected chi connectivity index (χ3v) is 2.52. The Morgan fingerprint density at radius 2 is 2.31 bits per heavy atom. The number of aliphatic hydroxyl groups excluding tert-OH is 1. The first kappa shape index (κ1) is 10.1. The molecule has 0 spiro atoms. The lowest BCUT2D eigenvalue weighted by atomic mass is 9.97. The number of hydrogen-bond donors (Lipinski definition) is 2. The topological polar surface area (TPSA) is 64.1 Å². The van der Waals surface area contributed by atoms with Gasteiger partial charge in [0.05, 0.1) is 12.3 Å². The average molecular weight is 183 g/mol. The van der Waals surface area contributed by atoms with Crippen LogP contribution in [0.4, 0.5) is 5.82 Å². The summed E-state index contributed by atoms with van der Waals surface area (Å²) in [4.78, 5) is 0. The average Bonchev–Trinajstić information content (AvgIpc) is 2.45. The van der Waals surface area contributed by atoms with Crippen LogP contribution in [0.3, 0.4) is 0 Å². The normalized spacial score (nSPS) is 15.7. The fraction of sp³-hybridized carbons (Fsp3) is 0.667. The lowest BCUT2D eigenvalue weighted by molar-refractivity contribution is 0.116. The van der Waals surface area contributed by atoms with E-state index in [-0.39, 0.29) is 5.92 Å². The van der Waals surface area contributed by atoms with Crippen LogP contribution in [0, 0.1) is 5.92 Å². The third-order valence-electron chi connectivity index (χ3n) is 2.52. The van der Waals surface area contributed by atoms with Crippen LogP contribution >= 0.6 is 0 Å². The molecule has 1 rings (SSSR count). The van der Waals surface area contributed by atoms with E-state index in [0.29, 0.717) is 5.82 Å². The quantitative estimate of drug-likeness (QED) is 0.737. The third kappa shape index (κ3) is 1.83. The number of anilines is 1. The first-order chi connectivity index (χ1) is 6.07. The van der Waals surface area contributed by atoms with E-state index in [0.717, 1.165) is 12.0 Å². The Kier molecular flexibility index (Phi) is 2.93. The van der Waals surface area contributed by atoms with Crippen molar-refractivity contribution in [2.75, 3.05) is 5.73 Å². The standard InChI is InChI=1S/C9H17N3O/c1-4-6(2)8(13)7-5-11-12(3)9(7)10/h5-6,8,13H,4,10H2,1-3H3. The van der Waals surface area contributed by atoms with Gasteiger partial charge in [-0.05, 0) is 5.92 Å². The molecule has 0 aliphatic heterocycles. The Balaban J connectivity index is 2.88. The maximum absolute atomic E-state index is 9.85. The molecule has 0 saturated carbocycles. The molecule has 1 aromatic heterocycles. The lowest BCUT2D eigenvalue weighted by Crippen LogP contribution is -2.10. The fourth-order valence-electron chi connectivity index (χ4n) is 1.22. The van der Waals surface area contributed by atoms with Crippen LogP contribution in [0.2, 0.25) is 0 Å². The van der Waals surface area contributed by atoms with E-state index < -0.39 is 6.10 Å². The zero-order valence-electron chi connectivity index (χ0n) is 8.36. The molecular formula is C9H17N3O. The van der Waals surface area contributed by atoms with Gasteiger partial charge in [-0.2, -0.15) is 5.10 Å². The molecule has 1 aromatic rings. The van der Waals surface area contributed by atoms with Crippen molar-refractivity contribution in [1.29, 1.82) is 0 Å². The molecule has 0 bridgehead atoms. The highest BCUT2D eigenvalue weighted by atomic mass is 16.3. The molecule has 0 aliphatic rings. The molecule has 74 valence electrons. The van der Waals surface area contributed by atoms with Crippen molar-refractivity contribution in [1.82, 2.24) is 9.78 Å². The van der Waals surface area contributed by atoms with Crippen molar-refractivity contribution in [3.63, 3.8) is 0 Å². The van der Waals surface area contributed by atoms with Crippen LogP contribution in [0.5, 0.6) is 0 Å². The van der Waals surface area contributed by atoms with E-state index in [2.05, 4.69) is 5.10 Å². The number of hydrogen-bond acceptors (Lipinski definition) is 3. The Hall–Kier alpha value is -1.03. The van der Waals surface area contributed by atoms with Gasteiger partial charge in [-0.3, -0.25) is 4.68 Å². The van der Waals surface area contributed by atoms with Crippen LogP contribution in [0.15, 0.2) is 6.20 Å². The van der Waals surface area contributed by atoms with E-state index in [1.807, 2.05) is 13.8 Å². The van der Waals surface area contributed by atoms with Gasteiger partial charge < -0.3 is 10.8 Å². The zero-order chi connectivity index (χ0) is 10.0. The maximum Gasteiger partial charge on any atom is 0.127 e. The van der Waals surface area contributed by atoms with Crippen molar-refractivity contribution >= 4 is 5.82 Å². The Labute approximate surface area is 78.4 Å². The van der Waals surface area contributed by atoms with Gasteiger partial charge in [0, 0.05) is 12.6 Å². The van der Waals surface area contributed by atoms with Crippen molar-refractivity contribution in [2.45, 2.75) is 26.4 Å². The maximum atomic E-state index is 9.85. The van der Waals surface area contributed by atoms with Gasteiger partial charge in [-0.25, -0.2) is 0 Å². The highest BCUT2D eigenvalue weighted by molar-refractivity contribution is 5.40. The summed E-state index contributed by atoms with van der Waals surface area (Å²) in [7, 11) is 1.77. The number of nitrogen functional groups attached to an aromatic ring is 1. The number of aryl methyl sites for hydroxylation is 1. The van der Waals surface area contributed by atoms with Gasteiger partial charge in [0.1, 0.15) is 5.82 Å². The minimum Gasteiger partial charge on any atom is -0.388 e. The number of aromatic nitrogens is 2. The van der Waals surface area contributed by atoms with Gasteiger partial charge >= 0.3 is 0 Å². The minimum atomic E-state index is -0.501. The molecule has 13 heavy (non-hydrogen) atoms. The predicted molar refractivity (Wildman–Crippen MR) is 52.0 cm³/mol. The molecule has 3 N–H and O–H groups in total. The summed E-state index contributed by atoms with van der Waals surface area (Å²) in [6.45, 7) is 4.04. The van der Waals surface area contributed by atoms with Crippen molar-refractivity contribution in [3.8, 4) is 0 Å². The summed E-state index contributed by atoms with van der Waals surface area (Å²) in [5.41, 5.74) is 6.47. The number of rotatable bonds is 3. The summed E-state index contributed by atoms with van der Waals surface area (Å²) in [6.07, 6.45) is 2.06. The summed E-state index contributed by atoms with van der Waals surface area (Å²) in [6, 6.07) is 0. The zero-order valence-corrected chi connectivity index (χ0v) is 8.36. The highest BCUT2D eigenvalue weighted by Crippen LogP contribution is 2.27. The molecule has 2 unspecified atom stereocenters. The number of aliphatic hydroxyl groups is 1. The van der Waals surface area contributed by atoms with Crippen molar-refractivity contribution in [3.05, 3.63) is 11.8 Å². The van der Waals surface area contributed by atoms with Gasteiger partial charge in [0.2, 0.25) is 0 Å². The predicted octanol–water partition coefficient (Wildman–Crippen LogP) is 1.08. The van der Waals surface area contributed by atoms with Gasteiger partial charge in [0.15, 0.2) is 0 Å². The fourth-order valence-corrected chi connectivity index (χ4v) is 1.22.